The summed E-state index contributed by atoms with van der Waals surface area (Å²) in [4.78, 5) is 39.3. The summed E-state index contributed by atoms with van der Waals surface area (Å²) in [6.07, 6.45) is 5.86. The molecule has 1 fully saturated rings. The van der Waals surface area contributed by atoms with E-state index >= 15 is 0 Å². The van der Waals surface area contributed by atoms with Gasteiger partial charge in [-0.2, -0.15) is 0 Å². The Hall–Kier alpha value is -3.88. The summed E-state index contributed by atoms with van der Waals surface area (Å²) >= 11 is 0. The fourth-order valence-electron chi connectivity index (χ4n) is 3.89. The number of ether oxygens (including phenoxy) is 1. The van der Waals surface area contributed by atoms with Gasteiger partial charge in [-0.15, -0.1) is 0 Å². The third kappa shape index (κ3) is 5.14. The molecule has 4 rings (SSSR count). The van der Waals surface area contributed by atoms with Crippen molar-refractivity contribution in [2.45, 2.75) is 25.8 Å². The maximum Gasteiger partial charge on any atom is 0.335 e. The van der Waals surface area contributed by atoms with E-state index in [0.717, 1.165) is 19.0 Å². The molecule has 33 heavy (non-hydrogen) atoms. The van der Waals surface area contributed by atoms with Gasteiger partial charge in [-0.25, -0.2) is 24.1 Å². The van der Waals surface area contributed by atoms with Crippen molar-refractivity contribution in [3.8, 4) is 17.3 Å². The fraction of sp³-hybridized carbons (Fsp3) is 0.292. The Balaban J connectivity index is 1.57. The topological polar surface area (TPSA) is 106 Å². The van der Waals surface area contributed by atoms with Gasteiger partial charge >= 0.3 is 5.97 Å². The molecule has 0 saturated carbocycles. The second-order valence-corrected chi connectivity index (χ2v) is 8.01. The molecule has 1 saturated heterocycles. The second kappa shape index (κ2) is 9.72. The van der Waals surface area contributed by atoms with Gasteiger partial charge in [0, 0.05) is 42.5 Å². The van der Waals surface area contributed by atoms with E-state index in [-0.39, 0.29) is 29.0 Å². The van der Waals surface area contributed by atoms with Crippen molar-refractivity contribution in [1.29, 1.82) is 0 Å². The summed E-state index contributed by atoms with van der Waals surface area (Å²) in [6, 6.07) is 8.78. The average Bonchev–Trinajstić information content (AvgIpc) is 2.84. The molecule has 0 aliphatic carbocycles. The molecule has 1 aliphatic heterocycles. The highest BCUT2D eigenvalue weighted by atomic mass is 19.1. The van der Waals surface area contributed by atoms with E-state index in [1.54, 1.807) is 29.4 Å². The zero-order valence-electron chi connectivity index (χ0n) is 18.0. The molecule has 0 bridgehead atoms. The summed E-state index contributed by atoms with van der Waals surface area (Å²) in [5, 5.41) is 9.45. The molecule has 1 aromatic carbocycles. The lowest BCUT2D eigenvalue weighted by molar-refractivity contribution is 0.0503. The van der Waals surface area contributed by atoms with E-state index < -0.39 is 11.8 Å². The van der Waals surface area contributed by atoms with Crippen LogP contribution in [0.25, 0.3) is 11.4 Å². The van der Waals surface area contributed by atoms with Gasteiger partial charge in [0.05, 0.1) is 23.9 Å². The number of aromatic carboxylic acids is 1. The molecular weight excluding hydrogens is 427 g/mol. The van der Waals surface area contributed by atoms with Gasteiger partial charge in [0.25, 0.3) is 5.91 Å². The number of carboxylic acid groups (broad SMARTS) is 1. The number of benzene rings is 1. The Morgan fingerprint density at radius 2 is 1.94 bits per heavy atom. The van der Waals surface area contributed by atoms with Crippen LogP contribution < -0.4 is 4.74 Å². The Morgan fingerprint density at radius 3 is 2.64 bits per heavy atom. The minimum atomic E-state index is -1.12. The van der Waals surface area contributed by atoms with Crippen LogP contribution in [0.2, 0.25) is 0 Å². The van der Waals surface area contributed by atoms with Gasteiger partial charge < -0.3 is 14.7 Å². The van der Waals surface area contributed by atoms with Crippen LogP contribution in [0, 0.1) is 11.7 Å². The number of hydrogen-bond donors (Lipinski definition) is 1. The van der Waals surface area contributed by atoms with Crippen LogP contribution in [0.3, 0.4) is 0 Å². The molecule has 3 aromatic rings. The maximum atomic E-state index is 13.6. The normalized spacial score (nSPS) is 18.1. The molecule has 0 radical (unpaired) electrons. The molecular formula is C24H23FN4O4. The lowest BCUT2D eigenvalue weighted by Crippen LogP contribution is -2.47. The number of pyridine rings is 1. The van der Waals surface area contributed by atoms with Crippen molar-refractivity contribution >= 4 is 11.9 Å². The van der Waals surface area contributed by atoms with E-state index in [1.165, 1.54) is 24.3 Å². The number of carboxylic acids is 1. The quantitative estimate of drug-likeness (QED) is 0.610. The molecule has 9 heteroatoms. The fourth-order valence-corrected chi connectivity index (χ4v) is 3.89. The highest BCUT2D eigenvalue weighted by molar-refractivity contribution is 6.02. The first-order chi connectivity index (χ1) is 15.9. The van der Waals surface area contributed by atoms with Crippen molar-refractivity contribution in [3.63, 3.8) is 0 Å². The first kappa shape index (κ1) is 22.3. The highest BCUT2D eigenvalue weighted by Gasteiger charge is 2.32. The predicted octanol–water partition coefficient (Wildman–Crippen LogP) is 3.70. The van der Waals surface area contributed by atoms with Crippen LogP contribution in [0.5, 0.6) is 5.88 Å². The van der Waals surface area contributed by atoms with Gasteiger partial charge in [-0.05, 0) is 50.1 Å². The minimum Gasteiger partial charge on any atom is -0.478 e. The third-order valence-corrected chi connectivity index (χ3v) is 5.71. The van der Waals surface area contributed by atoms with Gasteiger partial charge in [-0.1, -0.05) is 0 Å². The molecule has 2 aromatic heterocycles. The van der Waals surface area contributed by atoms with Crippen molar-refractivity contribution in [3.05, 3.63) is 71.9 Å². The van der Waals surface area contributed by atoms with Crippen molar-refractivity contribution in [2.75, 3.05) is 13.2 Å². The summed E-state index contributed by atoms with van der Waals surface area (Å²) in [5.74, 6) is -1.11. The van der Waals surface area contributed by atoms with Crippen LogP contribution in [-0.2, 0) is 0 Å². The molecule has 0 unspecified atom stereocenters. The molecule has 1 N–H and O–H groups in total. The number of aromatic nitrogens is 3. The van der Waals surface area contributed by atoms with E-state index in [0.29, 0.717) is 30.4 Å². The lowest BCUT2D eigenvalue weighted by Gasteiger charge is -2.38. The summed E-state index contributed by atoms with van der Waals surface area (Å²) in [6.45, 7) is 2.74. The molecule has 2 atom stereocenters. The number of nitrogens with zero attached hydrogens (tertiary/aromatic N) is 4. The van der Waals surface area contributed by atoms with Gasteiger partial charge in [0.1, 0.15) is 5.82 Å². The number of halogens is 1. The van der Waals surface area contributed by atoms with Crippen molar-refractivity contribution < 1.29 is 23.8 Å². The standard InChI is InChI=1S/C24H23FN4O4/c1-15-3-4-16(14-33-21-8-6-18(25)12-28-21)13-29(15)23(30)20-11-17(24(31)32)5-7-19(20)22-26-9-2-10-27-22/h2,5-12,15-16H,3-4,13-14H2,1H3,(H,31,32)/t15-,16-/m0/s1. The number of carbonyl (C=O) groups excluding carboxylic acids is 1. The Labute approximate surface area is 190 Å². The molecule has 170 valence electrons. The number of hydrogen-bond acceptors (Lipinski definition) is 6. The lowest BCUT2D eigenvalue weighted by atomic mass is 9.92. The maximum absolute atomic E-state index is 13.6. The molecule has 8 nitrogen and oxygen atoms in total. The largest absolute Gasteiger partial charge is 0.478 e. The molecule has 1 aliphatic rings. The second-order valence-electron chi connectivity index (χ2n) is 8.01. The monoisotopic (exact) mass is 450 g/mol. The van der Waals surface area contributed by atoms with Crippen molar-refractivity contribution in [1.82, 2.24) is 19.9 Å². The zero-order valence-corrected chi connectivity index (χ0v) is 18.0. The molecule has 3 heterocycles. The first-order valence-electron chi connectivity index (χ1n) is 10.6. The number of amides is 1. The Morgan fingerprint density at radius 1 is 1.15 bits per heavy atom. The van der Waals surface area contributed by atoms with Crippen molar-refractivity contribution in [2.24, 2.45) is 5.92 Å². The van der Waals surface area contributed by atoms with Crippen LogP contribution >= 0.6 is 0 Å². The zero-order chi connectivity index (χ0) is 23.4. The van der Waals surface area contributed by atoms with Crippen LogP contribution in [0.4, 0.5) is 4.39 Å². The van der Waals surface area contributed by atoms with E-state index in [4.69, 9.17) is 4.74 Å². The minimum absolute atomic E-state index is 0.0185. The number of piperidine rings is 1. The van der Waals surface area contributed by atoms with Gasteiger partial charge in [0.15, 0.2) is 5.82 Å². The highest BCUT2D eigenvalue weighted by Crippen LogP contribution is 2.28. The van der Waals surface area contributed by atoms with Gasteiger partial charge in [-0.3, -0.25) is 4.79 Å². The smallest absolute Gasteiger partial charge is 0.335 e. The molecule has 0 spiro atoms. The number of carbonyl (C=O) groups is 2. The van der Waals surface area contributed by atoms with E-state index in [1.807, 2.05) is 6.92 Å². The summed E-state index contributed by atoms with van der Waals surface area (Å²) in [7, 11) is 0. The Kier molecular flexibility index (Phi) is 6.58. The Bertz CT molecular complexity index is 1140. The first-order valence-corrected chi connectivity index (χ1v) is 10.6. The summed E-state index contributed by atoms with van der Waals surface area (Å²) < 4.78 is 18.8. The number of rotatable bonds is 6. The van der Waals surface area contributed by atoms with Crippen LogP contribution in [-0.4, -0.2) is 56.0 Å². The van der Waals surface area contributed by atoms with Crippen LogP contribution in [0.1, 0.15) is 40.5 Å². The van der Waals surface area contributed by atoms with E-state index in [9.17, 15) is 19.1 Å². The number of likely N-dealkylation sites (tertiary alicyclic amines) is 1. The molecule has 1 amide bonds. The SMILES string of the molecule is C[C@H]1CC[C@H](COc2ccc(F)cn2)CN1C(=O)c1cc(C(=O)O)ccc1-c1ncccn1. The average molecular weight is 450 g/mol. The van der Waals surface area contributed by atoms with Gasteiger partial charge in [0.2, 0.25) is 5.88 Å². The van der Waals surface area contributed by atoms with Crippen LogP contribution in [0.15, 0.2) is 55.0 Å². The summed E-state index contributed by atoms with van der Waals surface area (Å²) in [5.41, 5.74) is 0.742. The third-order valence-electron chi connectivity index (χ3n) is 5.71. The predicted molar refractivity (Wildman–Crippen MR) is 117 cm³/mol. The van der Waals surface area contributed by atoms with E-state index in [2.05, 4.69) is 15.0 Å².